The van der Waals surface area contributed by atoms with E-state index in [1.165, 1.54) is 6.07 Å². The van der Waals surface area contributed by atoms with Crippen molar-refractivity contribution in [2.75, 3.05) is 20.8 Å². The van der Waals surface area contributed by atoms with Crippen molar-refractivity contribution < 1.29 is 13.9 Å². The Balaban J connectivity index is 1.95. The molecule has 0 unspecified atom stereocenters. The van der Waals surface area contributed by atoms with E-state index in [0.29, 0.717) is 12.1 Å². The molecule has 1 N–H and O–H groups in total. The van der Waals surface area contributed by atoms with Gasteiger partial charge in [-0.05, 0) is 49.2 Å². The lowest BCUT2D eigenvalue weighted by molar-refractivity contribution is 0.396. The second-order valence-corrected chi connectivity index (χ2v) is 5.15. The quantitative estimate of drug-likeness (QED) is 0.794. The number of nitrogens with one attached hydrogen (secondary N) is 1. The lowest BCUT2D eigenvalue weighted by atomic mass is 10.1. The summed E-state index contributed by atoms with van der Waals surface area (Å²) in [5, 5.41) is 3.26. The summed E-state index contributed by atoms with van der Waals surface area (Å²) in [6.07, 6.45) is 0.786. The van der Waals surface area contributed by atoms with Crippen molar-refractivity contribution in [3.63, 3.8) is 0 Å². The predicted octanol–water partition coefficient (Wildman–Crippen LogP) is 3.48. The third kappa shape index (κ3) is 3.98. The molecule has 118 valence electrons. The van der Waals surface area contributed by atoms with Crippen molar-refractivity contribution in [3.8, 4) is 11.5 Å². The monoisotopic (exact) mass is 303 g/mol. The number of hydrogen-bond acceptors (Lipinski definition) is 3. The zero-order valence-corrected chi connectivity index (χ0v) is 13.3. The molecule has 2 aromatic carbocycles. The van der Waals surface area contributed by atoms with E-state index in [1.54, 1.807) is 26.4 Å². The summed E-state index contributed by atoms with van der Waals surface area (Å²) in [5.74, 6) is 1.53. The van der Waals surface area contributed by atoms with Crippen LogP contribution in [0, 0.1) is 12.7 Å². The van der Waals surface area contributed by atoms with Gasteiger partial charge in [-0.1, -0.05) is 18.2 Å². The molecule has 0 aliphatic carbocycles. The van der Waals surface area contributed by atoms with Gasteiger partial charge in [0.1, 0.15) is 17.3 Å². The molecule has 3 nitrogen and oxygen atoms in total. The van der Waals surface area contributed by atoms with Crippen LogP contribution in [0.15, 0.2) is 36.4 Å². The van der Waals surface area contributed by atoms with Crippen LogP contribution in [0.2, 0.25) is 0 Å². The minimum absolute atomic E-state index is 0.176. The molecule has 2 rings (SSSR count). The van der Waals surface area contributed by atoms with E-state index in [-0.39, 0.29) is 5.82 Å². The van der Waals surface area contributed by atoms with Crippen LogP contribution in [0.4, 0.5) is 4.39 Å². The molecule has 0 amide bonds. The Labute approximate surface area is 131 Å². The molecule has 0 atom stereocenters. The Morgan fingerprint density at radius 2 is 1.73 bits per heavy atom. The van der Waals surface area contributed by atoms with Gasteiger partial charge >= 0.3 is 0 Å². The van der Waals surface area contributed by atoms with Crippen LogP contribution in [0.1, 0.15) is 16.7 Å². The zero-order chi connectivity index (χ0) is 15.9. The van der Waals surface area contributed by atoms with Crippen LogP contribution in [0.25, 0.3) is 0 Å². The number of hydrogen-bond donors (Lipinski definition) is 1. The van der Waals surface area contributed by atoms with E-state index in [4.69, 9.17) is 9.47 Å². The Bertz CT molecular complexity index is 628. The van der Waals surface area contributed by atoms with Crippen LogP contribution in [-0.2, 0) is 13.0 Å². The molecule has 0 aromatic heterocycles. The van der Waals surface area contributed by atoms with Crippen molar-refractivity contribution in [1.82, 2.24) is 5.32 Å². The SMILES string of the molecule is COc1cc(CCNCc2ccccc2F)c(OC)cc1C. The number of benzene rings is 2. The summed E-state index contributed by atoms with van der Waals surface area (Å²) >= 11 is 0. The summed E-state index contributed by atoms with van der Waals surface area (Å²) in [6, 6.07) is 10.8. The highest BCUT2D eigenvalue weighted by atomic mass is 19.1. The minimum atomic E-state index is -0.176. The van der Waals surface area contributed by atoms with E-state index in [1.807, 2.05) is 25.1 Å². The van der Waals surface area contributed by atoms with Gasteiger partial charge in [-0.3, -0.25) is 0 Å². The van der Waals surface area contributed by atoms with E-state index in [9.17, 15) is 4.39 Å². The number of methoxy groups -OCH3 is 2. The van der Waals surface area contributed by atoms with Gasteiger partial charge in [0.15, 0.2) is 0 Å². The fraction of sp³-hybridized carbons (Fsp3) is 0.333. The average molecular weight is 303 g/mol. The van der Waals surface area contributed by atoms with Crippen LogP contribution in [-0.4, -0.2) is 20.8 Å². The summed E-state index contributed by atoms with van der Waals surface area (Å²) in [7, 11) is 3.33. The Kier molecular flexibility index (Phi) is 5.78. The predicted molar refractivity (Wildman–Crippen MR) is 86.1 cm³/mol. The molecular weight excluding hydrogens is 281 g/mol. The lowest BCUT2D eigenvalue weighted by Crippen LogP contribution is -2.17. The number of rotatable bonds is 7. The lowest BCUT2D eigenvalue weighted by Gasteiger charge is -2.13. The first-order valence-electron chi connectivity index (χ1n) is 7.31. The molecule has 0 saturated carbocycles. The smallest absolute Gasteiger partial charge is 0.127 e. The highest BCUT2D eigenvalue weighted by Gasteiger charge is 2.08. The van der Waals surface area contributed by atoms with E-state index < -0.39 is 0 Å². The van der Waals surface area contributed by atoms with Gasteiger partial charge in [-0.25, -0.2) is 4.39 Å². The third-order valence-corrected chi connectivity index (χ3v) is 3.64. The molecule has 2 aromatic rings. The summed E-state index contributed by atoms with van der Waals surface area (Å²) in [4.78, 5) is 0. The largest absolute Gasteiger partial charge is 0.496 e. The van der Waals surface area contributed by atoms with Crippen molar-refractivity contribution in [2.45, 2.75) is 19.9 Å². The van der Waals surface area contributed by atoms with Gasteiger partial charge in [-0.2, -0.15) is 0 Å². The molecular formula is C18H22FNO2. The Morgan fingerprint density at radius 1 is 1.00 bits per heavy atom. The van der Waals surface area contributed by atoms with Crippen molar-refractivity contribution >= 4 is 0 Å². The van der Waals surface area contributed by atoms with Gasteiger partial charge in [0.25, 0.3) is 0 Å². The van der Waals surface area contributed by atoms with Crippen molar-refractivity contribution in [2.24, 2.45) is 0 Å². The topological polar surface area (TPSA) is 30.5 Å². The molecule has 0 spiro atoms. The Hall–Kier alpha value is -2.07. The summed E-state index contributed by atoms with van der Waals surface area (Å²) in [5.41, 5.74) is 2.80. The fourth-order valence-corrected chi connectivity index (χ4v) is 2.40. The maximum absolute atomic E-state index is 13.5. The van der Waals surface area contributed by atoms with Crippen LogP contribution in [0.3, 0.4) is 0 Å². The standard InChI is InChI=1S/C18H22FNO2/c1-13-10-18(22-3)14(11-17(13)21-2)8-9-20-12-15-6-4-5-7-16(15)19/h4-7,10-11,20H,8-9,12H2,1-3H3. The first-order valence-corrected chi connectivity index (χ1v) is 7.31. The van der Waals surface area contributed by atoms with Crippen molar-refractivity contribution in [3.05, 3.63) is 58.9 Å². The maximum atomic E-state index is 13.5. The first-order chi connectivity index (χ1) is 10.7. The van der Waals surface area contributed by atoms with Crippen LogP contribution >= 0.6 is 0 Å². The minimum Gasteiger partial charge on any atom is -0.496 e. The molecule has 0 aliphatic rings. The highest BCUT2D eigenvalue weighted by Crippen LogP contribution is 2.28. The second-order valence-electron chi connectivity index (χ2n) is 5.15. The van der Waals surface area contributed by atoms with Crippen molar-refractivity contribution in [1.29, 1.82) is 0 Å². The van der Waals surface area contributed by atoms with Gasteiger partial charge in [-0.15, -0.1) is 0 Å². The molecule has 4 heteroatoms. The molecule has 0 fully saturated rings. The van der Waals surface area contributed by atoms with Gasteiger partial charge < -0.3 is 14.8 Å². The maximum Gasteiger partial charge on any atom is 0.127 e. The first kappa shape index (κ1) is 16.3. The van der Waals surface area contributed by atoms with E-state index in [2.05, 4.69) is 5.32 Å². The van der Waals surface area contributed by atoms with Crippen LogP contribution < -0.4 is 14.8 Å². The zero-order valence-electron chi connectivity index (χ0n) is 13.3. The molecule has 0 saturated heterocycles. The molecule has 0 aliphatic heterocycles. The van der Waals surface area contributed by atoms with E-state index in [0.717, 1.165) is 35.6 Å². The number of ether oxygens (including phenoxy) is 2. The fourth-order valence-electron chi connectivity index (χ4n) is 2.40. The third-order valence-electron chi connectivity index (χ3n) is 3.64. The summed E-state index contributed by atoms with van der Waals surface area (Å²) < 4.78 is 24.3. The van der Waals surface area contributed by atoms with Gasteiger partial charge in [0.2, 0.25) is 0 Å². The number of halogens is 1. The average Bonchev–Trinajstić information content (AvgIpc) is 2.53. The highest BCUT2D eigenvalue weighted by molar-refractivity contribution is 5.46. The molecule has 22 heavy (non-hydrogen) atoms. The normalized spacial score (nSPS) is 10.5. The van der Waals surface area contributed by atoms with E-state index >= 15 is 0 Å². The Morgan fingerprint density at radius 3 is 2.41 bits per heavy atom. The second kappa shape index (κ2) is 7.80. The van der Waals surface area contributed by atoms with Crippen LogP contribution in [0.5, 0.6) is 11.5 Å². The summed E-state index contributed by atoms with van der Waals surface area (Å²) in [6.45, 7) is 3.23. The van der Waals surface area contributed by atoms with Gasteiger partial charge in [0, 0.05) is 12.1 Å². The number of aryl methyl sites for hydroxylation is 1. The van der Waals surface area contributed by atoms with Gasteiger partial charge in [0.05, 0.1) is 14.2 Å². The molecule has 0 heterocycles. The molecule has 0 bridgehead atoms. The molecule has 0 radical (unpaired) electrons.